The van der Waals surface area contributed by atoms with Crippen molar-refractivity contribution in [2.45, 2.75) is 24.0 Å². The first-order valence-corrected chi connectivity index (χ1v) is 6.82. The molecule has 1 aliphatic rings. The van der Waals surface area contributed by atoms with Crippen molar-refractivity contribution >= 4 is 10.0 Å². The third kappa shape index (κ3) is 2.51. The third-order valence-corrected chi connectivity index (χ3v) is 4.73. The Morgan fingerprint density at radius 3 is 2.72 bits per heavy atom. The number of aromatic nitrogens is 2. The van der Waals surface area contributed by atoms with Crippen molar-refractivity contribution in [2.24, 2.45) is 5.92 Å². The predicted molar refractivity (Wildman–Crippen MR) is 56.1 cm³/mol. The van der Waals surface area contributed by atoms with E-state index in [0.717, 1.165) is 4.31 Å². The number of nitrogens with zero attached hydrogens (tertiary/aromatic N) is 2. The number of rotatable bonds is 2. The molecule has 2 rings (SSSR count). The Morgan fingerprint density at radius 1 is 1.44 bits per heavy atom. The molecule has 0 spiro atoms. The van der Waals surface area contributed by atoms with Gasteiger partial charge in [0.25, 0.3) is 10.0 Å². The van der Waals surface area contributed by atoms with Crippen LogP contribution in [0.3, 0.4) is 0 Å². The second-order valence-corrected chi connectivity index (χ2v) is 6.07. The van der Waals surface area contributed by atoms with Gasteiger partial charge < -0.3 is 0 Å². The van der Waals surface area contributed by atoms with Gasteiger partial charge in [0.15, 0.2) is 5.03 Å². The first-order valence-electron chi connectivity index (χ1n) is 5.38. The van der Waals surface area contributed by atoms with Gasteiger partial charge >= 0.3 is 6.18 Å². The van der Waals surface area contributed by atoms with E-state index in [4.69, 9.17) is 0 Å². The second kappa shape index (κ2) is 4.54. The number of piperidine rings is 1. The Hall–Kier alpha value is -1.09. The van der Waals surface area contributed by atoms with Crippen molar-refractivity contribution in [1.29, 1.82) is 0 Å². The van der Waals surface area contributed by atoms with Crippen LogP contribution in [-0.4, -0.2) is 42.2 Å². The summed E-state index contributed by atoms with van der Waals surface area (Å²) in [5, 5.41) is 5.59. The molecule has 1 aromatic heterocycles. The minimum atomic E-state index is -4.36. The van der Waals surface area contributed by atoms with Gasteiger partial charge in [-0.1, -0.05) is 0 Å². The van der Waals surface area contributed by atoms with E-state index >= 15 is 0 Å². The van der Waals surface area contributed by atoms with Crippen LogP contribution in [0.15, 0.2) is 17.3 Å². The Balaban J connectivity index is 2.20. The van der Waals surface area contributed by atoms with Crippen molar-refractivity contribution in [1.82, 2.24) is 14.5 Å². The second-order valence-electron chi connectivity index (χ2n) is 4.16. The minimum Gasteiger partial charge on any atom is -0.266 e. The standard InChI is InChI=1S/C9H12F3N3O2S/c10-9(11,12)7-2-1-5-15(6-7)18(16,17)8-3-4-13-14-8/h3-4,7H,1-2,5-6H2,(H,13,14). The summed E-state index contributed by atoms with van der Waals surface area (Å²) < 4.78 is 62.7. The van der Waals surface area contributed by atoms with Crippen LogP contribution >= 0.6 is 0 Å². The molecule has 102 valence electrons. The summed E-state index contributed by atoms with van der Waals surface area (Å²) in [6.07, 6.45) is -2.93. The van der Waals surface area contributed by atoms with Crippen molar-refractivity contribution in [3.05, 3.63) is 12.3 Å². The van der Waals surface area contributed by atoms with Crippen LogP contribution < -0.4 is 0 Å². The lowest BCUT2D eigenvalue weighted by Gasteiger charge is -2.32. The average Bonchev–Trinajstić information content (AvgIpc) is 2.82. The van der Waals surface area contributed by atoms with Gasteiger partial charge in [-0.2, -0.15) is 22.6 Å². The SMILES string of the molecule is O=S(=O)(c1ccn[nH]1)N1CCCC(C(F)(F)F)C1. The van der Waals surface area contributed by atoms with Gasteiger partial charge in [0, 0.05) is 13.1 Å². The van der Waals surface area contributed by atoms with Gasteiger partial charge in [0.05, 0.1) is 12.1 Å². The van der Waals surface area contributed by atoms with Gasteiger partial charge in [-0.25, -0.2) is 8.42 Å². The molecule has 1 unspecified atom stereocenters. The first kappa shape index (κ1) is 13.3. The lowest BCUT2D eigenvalue weighted by Crippen LogP contribution is -2.44. The molecule has 0 radical (unpaired) electrons. The topological polar surface area (TPSA) is 66.1 Å². The molecule has 0 saturated carbocycles. The zero-order valence-electron chi connectivity index (χ0n) is 9.31. The number of halogens is 3. The molecule has 9 heteroatoms. The molecule has 0 bridgehead atoms. The van der Waals surface area contributed by atoms with E-state index in [1.807, 2.05) is 0 Å². The maximum atomic E-state index is 12.6. The molecule has 2 heterocycles. The normalized spacial score (nSPS) is 23.2. The van der Waals surface area contributed by atoms with Gasteiger partial charge in [-0.15, -0.1) is 0 Å². The fourth-order valence-corrected chi connectivity index (χ4v) is 3.38. The molecule has 1 saturated heterocycles. The summed E-state index contributed by atoms with van der Waals surface area (Å²) in [4.78, 5) is 0. The third-order valence-electron chi connectivity index (χ3n) is 2.94. The Bertz CT molecular complexity index is 498. The predicted octanol–water partition coefficient (Wildman–Crippen LogP) is 1.37. The Labute approximate surface area is 102 Å². The maximum absolute atomic E-state index is 12.6. The van der Waals surface area contributed by atoms with Crippen molar-refractivity contribution in [3.8, 4) is 0 Å². The van der Waals surface area contributed by atoms with E-state index in [-0.39, 0.29) is 24.4 Å². The zero-order valence-corrected chi connectivity index (χ0v) is 10.1. The van der Waals surface area contributed by atoms with E-state index in [1.165, 1.54) is 12.3 Å². The van der Waals surface area contributed by atoms with Crippen LogP contribution in [0.2, 0.25) is 0 Å². The van der Waals surface area contributed by atoms with Crippen molar-refractivity contribution in [3.63, 3.8) is 0 Å². The molecular formula is C9H12F3N3O2S. The fraction of sp³-hybridized carbons (Fsp3) is 0.667. The van der Waals surface area contributed by atoms with E-state index in [2.05, 4.69) is 10.2 Å². The Morgan fingerprint density at radius 2 is 2.17 bits per heavy atom. The minimum absolute atomic E-state index is 0.0293. The van der Waals surface area contributed by atoms with E-state index in [1.54, 1.807) is 0 Å². The highest BCUT2D eigenvalue weighted by atomic mass is 32.2. The number of aromatic amines is 1. The summed E-state index contributed by atoms with van der Waals surface area (Å²) in [7, 11) is -3.90. The molecule has 1 aliphatic heterocycles. The lowest BCUT2D eigenvalue weighted by molar-refractivity contribution is -0.182. The van der Waals surface area contributed by atoms with Crippen LogP contribution in [0.1, 0.15) is 12.8 Å². The summed E-state index contributed by atoms with van der Waals surface area (Å²) >= 11 is 0. The largest absolute Gasteiger partial charge is 0.393 e. The van der Waals surface area contributed by atoms with Crippen molar-refractivity contribution < 1.29 is 21.6 Å². The van der Waals surface area contributed by atoms with Gasteiger partial charge in [-0.05, 0) is 18.9 Å². The molecular weight excluding hydrogens is 271 g/mol. The van der Waals surface area contributed by atoms with Gasteiger partial charge in [-0.3, -0.25) is 5.10 Å². The van der Waals surface area contributed by atoms with Crippen LogP contribution in [0.5, 0.6) is 0 Å². The Kier molecular flexibility index (Phi) is 3.37. The molecule has 0 aromatic carbocycles. The zero-order chi connectivity index (χ0) is 13.4. The highest BCUT2D eigenvalue weighted by molar-refractivity contribution is 7.89. The number of H-pyrrole nitrogens is 1. The first-order chi connectivity index (χ1) is 8.32. The van der Waals surface area contributed by atoms with Crippen LogP contribution in [0, 0.1) is 5.92 Å². The smallest absolute Gasteiger partial charge is 0.266 e. The van der Waals surface area contributed by atoms with Gasteiger partial charge in [0.2, 0.25) is 0 Å². The molecule has 1 fully saturated rings. The van der Waals surface area contributed by atoms with E-state index < -0.39 is 28.7 Å². The molecule has 0 amide bonds. The molecule has 0 aliphatic carbocycles. The molecule has 1 aromatic rings. The monoisotopic (exact) mass is 283 g/mol. The summed E-state index contributed by atoms with van der Waals surface area (Å²) in [5.41, 5.74) is 0. The molecule has 1 atom stereocenters. The quantitative estimate of drug-likeness (QED) is 0.891. The van der Waals surface area contributed by atoms with Crippen molar-refractivity contribution in [2.75, 3.05) is 13.1 Å². The van der Waals surface area contributed by atoms with Crippen LogP contribution in [0.25, 0.3) is 0 Å². The number of nitrogens with one attached hydrogen (secondary N) is 1. The number of hydrogen-bond donors (Lipinski definition) is 1. The molecule has 1 N–H and O–H groups in total. The lowest BCUT2D eigenvalue weighted by atomic mass is 9.99. The summed E-state index contributed by atoms with van der Waals surface area (Å²) in [6.45, 7) is -0.418. The highest BCUT2D eigenvalue weighted by Gasteiger charge is 2.44. The number of hydrogen-bond acceptors (Lipinski definition) is 3. The number of sulfonamides is 1. The molecule has 18 heavy (non-hydrogen) atoms. The fourth-order valence-electron chi connectivity index (χ4n) is 1.95. The van der Waals surface area contributed by atoms with Crippen LogP contribution in [-0.2, 0) is 10.0 Å². The molecule has 5 nitrogen and oxygen atoms in total. The number of alkyl halides is 3. The summed E-state index contributed by atoms with van der Waals surface area (Å²) in [5.74, 6) is -1.59. The van der Waals surface area contributed by atoms with E-state index in [9.17, 15) is 21.6 Å². The van der Waals surface area contributed by atoms with Crippen LogP contribution in [0.4, 0.5) is 13.2 Å². The van der Waals surface area contributed by atoms with Gasteiger partial charge in [0.1, 0.15) is 0 Å². The van der Waals surface area contributed by atoms with E-state index in [0.29, 0.717) is 0 Å². The maximum Gasteiger partial charge on any atom is 0.393 e. The summed E-state index contributed by atoms with van der Waals surface area (Å²) in [6, 6.07) is 1.23. The highest BCUT2D eigenvalue weighted by Crippen LogP contribution is 2.34. The average molecular weight is 283 g/mol.